The van der Waals surface area contributed by atoms with Gasteiger partial charge in [0.25, 0.3) is 0 Å². The van der Waals surface area contributed by atoms with Crippen molar-refractivity contribution >= 4 is 12.0 Å². The van der Waals surface area contributed by atoms with Crippen LogP contribution in [-0.4, -0.2) is 77.1 Å². The lowest BCUT2D eigenvalue weighted by molar-refractivity contribution is -0.142. The molecule has 0 spiro atoms. The molecule has 0 saturated carbocycles. The van der Waals surface area contributed by atoms with E-state index < -0.39 is 12.0 Å². The van der Waals surface area contributed by atoms with Gasteiger partial charge in [-0.2, -0.15) is 0 Å². The van der Waals surface area contributed by atoms with Crippen molar-refractivity contribution in [1.29, 1.82) is 0 Å². The molecule has 2 heterocycles. The highest BCUT2D eigenvalue weighted by Gasteiger charge is 2.35. The molecule has 2 aliphatic rings. The highest BCUT2D eigenvalue weighted by molar-refractivity contribution is 5.82. The van der Waals surface area contributed by atoms with Gasteiger partial charge >= 0.3 is 12.0 Å². The van der Waals surface area contributed by atoms with Gasteiger partial charge in [0, 0.05) is 32.7 Å². The van der Waals surface area contributed by atoms with Gasteiger partial charge in [-0.3, -0.25) is 4.90 Å². The fourth-order valence-corrected chi connectivity index (χ4v) is 3.14. The Morgan fingerprint density at radius 1 is 1.37 bits per heavy atom. The number of amides is 2. The number of nitrogens with zero attached hydrogens (tertiary/aromatic N) is 3. The summed E-state index contributed by atoms with van der Waals surface area (Å²) >= 11 is 0. The monoisotopic (exact) mass is 269 g/mol. The highest BCUT2D eigenvalue weighted by Crippen LogP contribution is 2.22. The van der Waals surface area contributed by atoms with Gasteiger partial charge in [0.15, 0.2) is 0 Å². The molecule has 19 heavy (non-hydrogen) atoms. The lowest BCUT2D eigenvalue weighted by Gasteiger charge is -2.40. The van der Waals surface area contributed by atoms with Crippen LogP contribution in [0, 0.1) is 0 Å². The zero-order valence-electron chi connectivity index (χ0n) is 11.7. The number of piperazine rings is 1. The Bertz CT molecular complexity index is 361. The largest absolute Gasteiger partial charge is 0.480 e. The Kier molecular flexibility index (Phi) is 4.29. The quantitative estimate of drug-likeness (QED) is 0.818. The van der Waals surface area contributed by atoms with Crippen LogP contribution in [0.1, 0.15) is 26.2 Å². The summed E-state index contributed by atoms with van der Waals surface area (Å²) in [5.74, 6) is -0.933. The average Bonchev–Trinajstić information content (AvgIpc) is 2.85. The summed E-state index contributed by atoms with van der Waals surface area (Å²) in [5.41, 5.74) is 0. The van der Waals surface area contributed by atoms with Crippen LogP contribution in [0.15, 0.2) is 0 Å². The van der Waals surface area contributed by atoms with Crippen LogP contribution in [-0.2, 0) is 4.79 Å². The molecule has 6 nitrogen and oxygen atoms in total. The van der Waals surface area contributed by atoms with Crippen LogP contribution in [0.5, 0.6) is 0 Å². The molecule has 6 heteroatoms. The first kappa shape index (κ1) is 14.1. The Morgan fingerprint density at radius 2 is 2.11 bits per heavy atom. The Balaban J connectivity index is 1.97. The number of hydrogen-bond acceptors (Lipinski definition) is 3. The number of carbonyl (C=O) groups is 2. The lowest BCUT2D eigenvalue weighted by Crippen LogP contribution is -2.57. The number of fused-ring (bicyclic) bond motifs is 1. The summed E-state index contributed by atoms with van der Waals surface area (Å²) in [6.45, 7) is 5.27. The van der Waals surface area contributed by atoms with Crippen molar-refractivity contribution in [1.82, 2.24) is 14.7 Å². The van der Waals surface area contributed by atoms with Gasteiger partial charge in [-0.15, -0.1) is 0 Å². The topological polar surface area (TPSA) is 64.1 Å². The molecule has 2 amide bonds. The number of likely N-dealkylation sites (N-methyl/N-ethyl adjacent to an activating group) is 1. The number of aliphatic carboxylic acids is 1. The Morgan fingerprint density at radius 3 is 2.74 bits per heavy atom. The maximum atomic E-state index is 12.4. The van der Waals surface area contributed by atoms with Crippen LogP contribution in [0.3, 0.4) is 0 Å². The SMILES string of the molecule is CCC(C(=O)O)N(C)C(=O)N1CCN2CCCC2C1. The maximum absolute atomic E-state index is 12.4. The van der Waals surface area contributed by atoms with E-state index in [0.717, 1.165) is 26.1 Å². The van der Waals surface area contributed by atoms with Crippen molar-refractivity contribution in [2.45, 2.75) is 38.3 Å². The molecule has 2 atom stereocenters. The molecule has 0 aromatic carbocycles. The van der Waals surface area contributed by atoms with Crippen molar-refractivity contribution in [2.75, 3.05) is 33.2 Å². The van der Waals surface area contributed by atoms with Gasteiger partial charge in [-0.25, -0.2) is 9.59 Å². The van der Waals surface area contributed by atoms with E-state index in [1.54, 1.807) is 18.9 Å². The summed E-state index contributed by atoms with van der Waals surface area (Å²) in [7, 11) is 1.59. The van der Waals surface area contributed by atoms with E-state index in [2.05, 4.69) is 4.90 Å². The van der Waals surface area contributed by atoms with Crippen LogP contribution < -0.4 is 0 Å². The molecule has 2 unspecified atom stereocenters. The van der Waals surface area contributed by atoms with Gasteiger partial charge in [0.1, 0.15) is 6.04 Å². The van der Waals surface area contributed by atoms with E-state index >= 15 is 0 Å². The number of carboxylic acid groups (broad SMARTS) is 1. The smallest absolute Gasteiger partial charge is 0.326 e. The second-order valence-corrected chi connectivity index (χ2v) is 5.43. The van der Waals surface area contributed by atoms with E-state index in [1.807, 2.05) is 0 Å². The molecule has 2 rings (SSSR count). The first-order valence-electron chi connectivity index (χ1n) is 7.03. The van der Waals surface area contributed by atoms with Crippen molar-refractivity contribution in [3.8, 4) is 0 Å². The Hall–Kier alpha value is -1.30. The zero-order valence-corrected chi connectivity index (χ0v) is 11.7. The summed E-state index contributed by atoms with van der Waals surface area (Å²) in [6, 6.07) is -0.411. The van der Waals surface area contributed by atoms with Crippen LogP contribution in [0.4, 0.5) is 4.79 Å². The number of hydrogen-bond donors (Lipinski definition) is 1. The molecule has 2 saturated heterocycles. The standard InChI is InChI=1S/C13H23N3O3/c1-3-11(12(17)18)14(2)13(19)16-8-7-15-6-4-5-10(15)9-16/h10-11H,3-9H2,1-2H3,(H,17,18). The van der Waals surface area contributed by atoms with E-state index in [-0.39, 0.29) is 6.03 Å². The van der Waals surface area contributed by atoms with Gasteiger partial charge in [-0.05, 0) is 25.8 Å². The zero-order chi connectivity index (χ0) is 14.0. The van der Waals surface area contributed by atoms with Crippen molar-refractivity contribution in [2.24, 2.45) is 0 Å². The van der Waals surface area contributed by atoms with E-state index in [9.17, 15) is 9.59 Å². The molecular formula is C13H23N3O3. The summed E-state index contributed by atoms with van der Waals surface area (Å²) in [6.07, 6.45) is 2.78. The fourth-order valence-electron chi connectivity index (χ4n) is 3.14. The minimum absolute atomic E-state index is 0.152. The Labute approximate surface area is 114 Å². The van der Waals surface area contributed by atoms with E-state index in [4.69, 9.17) is 5.11 Å². The summed E-state index contributed by atoms with van der Waals surface area (Å²) in [5, 5.41) is 9.12. The van der Waals surface area contributed by atoms with Crippen molar-refractivity contribution in [3.05, 3.63) is 0 Å². The summed E-state index contributed by atoms with van der Waals surface area (Å²) < 4.78 is 0. The third kappa shape index (κ3) is 2.83. The number of carbonyl (C=O) groups excluding carboxylic acids is 1. The van der Waals surface area contributed by atoms with Crippen molar-refractivity contribution < 1.29 is 14.7 Å². The predicted molar refractivity (Wildman–Crippen MR) is 71.0 cm³/mol. The molecule has 1 N–H and O–H groups in total. The molecule has 0 aromatic heterocycles. The highest BCUT2D eigenvalue weighted by atomic mass is 16.4. The summed E-state index contributed by atoms with van der Waals surface area (Å²) in [4.78, 5) is 29.1. The molecule has 2 fully saturated rings. The van der Waals surface area contributed by atoms with Crippen molar-refractivity contribution in [3.63, 3.8) is 0 Å². The molecule has 0 aromatic rings. The second kappa shape index (κ2) is 5.77. The second-order valence-electron chi connectivity index (χ2n) is 5.43. The number of urea groups is 1. The number of carboxylic acids is 1. The normalized spacial score (nSPS) is 24.9. The van der Waals surface area contributed by atoms with Gasteiger partial charge in [0.2, 0.25) is 0 Å². The molecule has 0 bridgehead atoms. The fraction of sp³-hybridized carbons (Fsp3) is 0.846. The van der Waals surface area contributed by atoms with E-state index in [1.165, 1.54) is 11.3 Å². The van der Waals surface area contributed by atoms with Gasteiger partial charge in [-0.1, -0.05) is 6.92 Å². The third-order valence-electron chi connectivity index (χ3n) is 4.30. The molecular weight excluding hydrogens is 246 g/mol. The minimum atomic E-state index is -0.933. The van der Waals surface area contributed by atoms with Crippen LogP contribution in [0.2, 0.25) is 0 Å². The molecule has 2 aliphatic heterocycles. The van der Waals surface area contributed by atoms with Crippen LogP contribution >= 0.6 is 0 Å². The first-order valence-corrected chi connectivity index (χ1v) is 7.03. The molecule has 108 valence electrons. The first-order chi connectivity index (χ1) is 9.04. The minimum Gasteiger partial charge on any atom is -0.480 e. The predicted octanol–water partition coefficient (Wildman–Crippen LogP) is 0.681. The molecule has 0 aliphatic carbocycles. The number of rotatable bonds is 3. The molecule has 0 radical (unpaired) electrons. The average molecular weight is 269 g/mol. The van der Waals surface area contributed by atoms with Crippen LogP contribution in [0.25, 0.3) is 0 Å². The van der Waals surface area contributed by atoms with Gasteiger partial charge < -0.3 is 14.9 Å². The maximum Gasteiger partial charge on any atom is 0.326 e. The van der Waals surface area contributed by atoms with Gasteiger partial charge in [0.05, 0.1) is 0 Å². The van der Waals surface area contributed by atoms with E-state index in [0.29, 0.717) is 19.0 Å². The lowest BCUT2D eigenvalue weighted by atomic mass is 10.1. The third-order valence-corrected chi connectivity index (χ3v) is 4.30.